The van der Waals surface area contributed by atoms with Crippen LogP contribution in [0.2, 0.25) is 0 Å². The third-order valence-electron chi connectivity index (χ3n) is 4.84. The molecule has 1 saturated heterocycles. The molecule has 4 rings (SSSR count). The van der Waals surface area contributed by atoms with Gasteiger partial charge in [-0.15, -0.1) is 0 Å². The zero-order valence-corrected chi connectivity index (χ0v) is 13.8. The van der Waals surface area contributed by atoms with E-state index in [-0.39, 0.29) is 5.82 Å². The summed E-state index contributed by atoms with van der Waals surface area (Å²) in [7, 11) is 0. The first kappa shape index (κ1) is 15.3. The number of benzene rings is 1. The molecular formula is C18H21FN4O. The van der Waals surface area contributed by atoms with Crippen molar-refractivity contribution < 1.29 is 8.91 Å². The lowest BCUT2D eigenvalue weighted by atomic mass is 9.91. The van der Waals surface area contributed by atoms with Gasteiger partial charge in [0.15, 0.2) is 5.58 Å². The van der Waals surface area contributed by atoms with Gasteiger partial charge >= 0.3 is 0 Å². The van der Waals surface area contributed by atoms with Crippen molar-refractivity contribution in [2.24, 2.45) is 0 Å². The molecule has 1 aliphatic rings. The summed E-state index contributed by atoms with van der Waals surface area (Å²) in [5, 5.41) is 9.49. The molecule has 0 spiro atoms. The summed E-state index contributed by atoms with van der Waals surface area (Å²) >= 11 is 0. The predicted octanol–water partition coefficient (Wildman–Crippen LogP) is 3.35. The Morgan fingerprint density at radius 1 is 1.25 bits per heavy atom. The Hall–Kier alpha value is -2.21. The fourth-order valence-corrected chi connectivity index (χ4v) is 3.49. The molecule has 3 aromatic rings. The van der Waals surface area contributed by atoms with Crippen molar-refractivity contribution in [1.29, 1.82) is 0 Å². The second-order valence-electron chi connectivity index (χ2n) is 6.60. The summed E-state index contributed by atoms with van der Waals surface area (Å²) < 4.78 is 20.6. The quantitative estimate of drug-likeness (QED) is 0.737. The Balaban J connectivity index is 1.36. The van der Waals surface area contributed by atoms with E-state index >= 15 is 0 Å². The summed E-state index contributed by atoms with van der Waals surface area (Å²) in [4.78, 5) is 2.47. The number of aryl methyl sites for hydroxylation is 1. The average Bonchev–Trinajstić information content (AvgIpc) is 3.19. The van der Waals surface area contributed by atoms with Crippen molar-refractivity contribution >= 4 is 11.0 Å². The van der Waals surface area contributed by atoms with Crippen LogP contribution in [0.1, 0.15) is 30.0 Å². The molecule has 0 saturated carbocycles. The highest BCUT2D eigenvalue weighted by atomic mass is 19.1. The Bertz CT molecular complexity index is 833. The Morgan fingerprint density at radius 2 is 2.08 bits per heavy atom. The van der Waals surface area contributed by atoms with Crippen LogP contribution in [0.25, 0.3) is 11.0 Å². The Morgan fingerprint density at radius 3 is 2.83 bits per heavy atom. The van der Waals surface area contributed by atoms with Crippen LogP contribution in [-0.4, -0.2) is 39.5 Å². The van der Waals surface area contributed by atoms with E-state index in [0.717, 1.165) is 50.1 Å². The molecule has 0 N–H and O–H groups in total. The summed E-state index contributed by atoms with van der Waals surface area (Å²) in [5.74, 6) is 0.105. The maximum absolute atomic E-state index is 13.3. The number of nitrogens with zero attached hydrogens (tertiary/aromatic N) is 4. The van der Waals surface area contributed by atoms with Crippen LogP contribution in [0.4, 0.5) is 4.39 Å². The van der Waals surface area contributed by atoms with Gasteiger partial charge < -0.3 is 9.42 Å². The van der Waals surface area contributed by atoms with Crippen molar-refractivity contribution in [3.8, 4) is 0 Å². The zero-order chi connectivity index (χ0) is 16.5. The summed E-state index contributed by atoms with van der Waals surface area (Å²) in [6.45, 7) is 6.08. The van der Waals surface area contributed by atoms with Gasteiger partial charge in [-0.25, -0.2) is 4.39 Å². The number of hydrogen-bond donors (Lipinski definition) is 0. The first-order chi connectivity index (χ1) is 11.7. The molecule has 0 bridgehead atoms. The van der Waals surface area contributed by atoms with Crippen LogP contribution in [0.5, 0.6) is 0 Å². The summed E-state index contributed by atoms with van der Waals surface area (Å²) in [5.41, 5.74) is 2.72. The molecule has 0 amide bonds. The molecule has 0 radical (unpaired) electrons. The Labute approximate surface area is 140 Å². The van der Waals surface area contributed by atoms with Crippen LogP contribution in [0, 0.1) is 12.7 Å². The molecule has 1 fully saturated rings. The van der Waals surface area contributed by atoms with Crippen LogP contribution in [0.3, 0.4) is 0 Å². The first-order valence-corrected chi connectivity index (χ1v) is 8.45. The monoisotopic (exact) mass is 328 g/mol. The van der Waals surface area contributed by atoms with Gasteiger partial charge in [-0.1, -0.05) is 5.16 Å². The van der Waals surface area contributed by atoms with Gasteiger partial charge in [-0.05, 0) is 50.6 Å². The molecule has 0 aliphatic carbocycles. The minimum Gasteiger partial charge on any atom is -0.356 e. The lowest BCUT2D eigenvalue weighted by Crippen LogP contribution is -2.35. The van der Waals surface area contributed by atoms with E-state index < -0.39 is 0 Å². The smallest absolute Gasteiger partial charge is 0.170 e. The number of hydrogen-bond acceptors (Lipinski definition) is 4. The van der Waals surface area contributed by atoms with Gasteiger partial charge in [0.2, 0.25) is 0 Å². The van der Waals surface area contributed by atoms with E-state index in [2.05, 4.69) is 28.3 Å². The van der Waals surface area contributed by atoms with Crippen LogP contribution < -0.4 is 0 Å². The number of piperidine rings is 1. The lowest BCUT2D eigenvalue weighted by molar-refractivity contribution is 0.200. The molecule has 126 valence electrons. The standard InChI is InChI=1S/C18H21FN4O/c1-13-11-20-23(12-13)9-8-22-6-4-14(5-7-22)18-16-3-2-15(19)10-17(16)24-21-18/h2-3,10-12,14H,4-9H2,1H3. The van der Waals surface area contributed by atoms with Gasteiger partial charge in [0, 0.05) is 30.1 Å². The van der Waals surface area contributed by atoms with E-state index in [0.29, 0.717) is 11.5 Å². The number of rotatable bonds is 4. The minimum absolute atomic E-state index is 0.283. The third-order valence-corrected chi connectivity index (χ3v) is 4.84. The van der Waals surface area contributed by atoms with Crippen molar-refractivity contribution in [3.63, 3.8) is 0 Å². The number of fused-ring (bicyclic) bond motifs is 1. The highest BCUT2D eigenvalue weighted by Crippen LogP contribution is 2.32. The average molecular weight is 328 g/mol. The molecule has 6 heteroatoms. The number of halogens is 1. The molecule has 0 unspecified atom stereocenters. The molecule has 0 atom stereocenters. The van der Waals surface area contributed by atoms with Crippen molar-refractivity contribution in [1.82, 2.24) is 19.8 Å². The minimum atomic E-state index is -0.283. The fraction of sp³-hybridized carbons (Fsp3) is 0.444. The maximum Gasteiger partial charge on any atom is 0.170 e. The molecule has 5 nitrogen and oxygen atoms in total. The van der Waals surface area contributed by atoms with Gasteiger partial charge in [0.05, 0.1) is 18.4 Å². The van der Waals surface area contributed by atoms with Crippen LogP contribution in [-0.2, 0) is 6.54 Å². The second kappa shape index (κ2) is 6.36. The van der Waals surface area contributed by atoms with Crippen LogP contribution >= 0.6 is 0 Å². The molecule has 1 aliphatic heterocycles. The molecule has 1 aromatic carbocycles. The van der Waals surface area contributed by atoms with E-state index in [1.807, 2.05) is 10.9 Å². The van der Waals surface area contributed by atoms with Gasteiger partial charge in [0.1, 0.15) is 5.82 Å². The zero-order valence-electron chi connectivity index (χ0n) is 13.8. The normalized spacial score (nSPS) is 16.9. The molecule has 2 aromatic heterocycles. The summed E-state index contributed by atoms with van der Waals surface area (Å²) in [6.07, 6.45) is 6.08. The van der Waals surface area contributed by atoms with Crippen molar-refractivity contribution in [2.45, 2.75) is 32.2 Å². The van der Waals surface area contributed by atoms with Gasteiger partial charge in [0.25, 0.3) is 0 Å². The highest BCUT2D eigenvalue weighted by Gasteiger charge is 2.25. The first-order valence-electron chi connectivity index (χ1n) is 8.45. The van der Waals surface area contributed by atoms with E-state index in [9.17, 15) is 4.39 Å². The third kappa shape index (κ3) is 3.06. The SMILES string of the molecule is Cc1cnn(CCN2CCC(c3noc4cc(F)ccc34)CC2)c1. The van der Waals surface area contributed by atoms with Gasteiger partial charge in [-0.2, -0.15) is 5.10 Å². The predicted molar refractivity (Wildman–Crippen MR) is 89.3 cm³/mol. The molecule has 24 heavy (non-hydrogen) atoms. The topological polar surface area (TPSA) is 47.1 Å². The molecular weight excluding hydrogens is 307 g/mol. The summed E-state index contributed by atoms with van der Waals surface area (Å²) in [6, 6.07) is 4.67. The number of likely N-dealkylation sites (tertiary alicyclic amines) is 1. The van der Waals surface area contributed by atoms with Gasteiger partial charge in [-0.3, -0.25) is 4.68 Å². The highest BCUT2D eigenvalue weighted by molar-refractivity contribution is 5.79. The Kier molecular flexibility index (Phi) is 4.06. The molecule has 3 heterocycles. The fourth-order valence-electron chi connectivity index (χ4n) is 3.49. The maximum atomic E-state index is 13.3. The second-order valence-corrected chi connectivity index (χ2v) is 6.60. The largest absolute Gasteiger partial charge is 0.356 e. The van der Waals surface area contributed by atoms with E-state index in [1.165, 1.54) is 17.7 Å². The van der Waals surface area contributed by atoms with E-state index in [1.54, 1.807) is 6.07 Å². The lowest BCUT2D eigenvalue weighted by Gasteiger charge is -2.31. The number of aromatic nitrogens is 3. The van der Waals surface area contributed by atoms with Crippen molar-refractivity contribution in [2.75, 3.05) is 19.6 Å². The van der Waals surface area contributed by atoms with Crippen LogP contribution in [0.15, 0.2) is 35.1 Å². The van der Waals surface area contributed by atoms with Crippen molar-refractivity contribution in [3.05, 3.63) is 47.7 Å². The van der Waals surface area contributed by atoms with E-state index in [4.69, 9.17) is 4.52 Å².